The molecule has 0 bridgehead atoms. The number of rotatable bonds is 5. The minimum Gasteiger partial charge on any atom is -0.311 e. The van der Waals surface area contributed by atoms with Crippen molar-refractivity contribution in [2.45, 2.75) is 51.6 Å². The fraction of sp³-hybridized carbons (Fsp3) is 0.688. The second-order valence-electron chi connectivity index (χ2n) is 5.86. The van der Waals surface area contributed by atoms with Crippen molar-refractivity contribution in [3.63, 3.8) is 0 Å². The summed E-state index contributed by atoms with van der Waals surface area (Å²) in [6, 6.07) is 4.66. The third-order valence-electron chi connectivity index (χ3n) is 4.72. The van der Waals surface area contributed by atoms with E-state index in [4.69, 9.17) is 0 Å². The normalized spacial score (nSPS) is 21.3. The van der Waals surface area contributed by atoms with Crippen LogP contribution in [0.15, 0.2) is 18.3 Å². The molecule has 0 amide bonds. The Morgan fingerprint density at radius 2 is 2.05 bits per heavy atom. The van der Waals surface area contributed by atoms with Crippen LogP contribution in [-0.2, 0) is 0 Å². The summed E-state index contributed by atoms with van der Waals surface area (Å²) in [5.74, 6) is 0. The molecular formula is C16H27N3. The maximum atomic E-state index is 4.46. The summed E-state index contributed by atoms with van der Waals surface area (Å²) in [4.78, 5) is 7.11. The summed E-state index contributed by atoms with van der Waals surface area (Å²) in [6.45, 7) is 9.17. The third kappa shape index (κ3) is 2.82. The number of likely N-dealkylation sites (tertiary alicyclic amines) is 1. The molecule has 1 aromatic rings. The largest absolute Gasteiger partial charge is 0.311 e. The van der Waals surface area contributed by atoms with Gasteiger partial charge in [-0.2, -0.15) is 0 Å². The molecule has 0 aliphatic carbocycles. The zero-order valence-electron chi connectivity index (χ0n) is 12.7. The molecular weight excluding hydrogens is 234 g/mol. The Bertz CT molecular complexity index is 395. The van der Waals surface area contributed by atoms with Crippen molar-refractivity contribution in [1.29, 1.82) is 0 Å². The second-order valence-corrected chi connectivity index (χ2v) is 5.86. The van der Waals surface area contributed by atoms with E-state index in [2.05, 4.69) is 48.2 Å². The van der Waals surface area contributed by atoms with E-state index in [0.29, 0.717) is 6.04 Å². The Labute approximate surface area is 117 Å². The maximum Gasteiger partial charge on any atom is 0.0517 e. The Morgan fingerprint density at radius 1 is 1.37 bits per heavy atom. The van der Waals surface area contributed by atoms with Crippen LogP contribution in [0.3, 0.4) is 0 Å². The molecule has 0 spiro atoms. The van der Waals surface area contributed by atoms with E-state index in [0.717, 1.165) is 12.1 Å². The highest BCUT2D eigenvalue weighted by atomic mass is 15.2. The third-order valence-corrected chi connectivity index (χ3v) is 4.72. The molecule has 0 radical (unpaired) electrons. The van der Waals surface area contributed by atoms with Crippen molar-refractivity contribution in [1.82, 2.24) is 15.2 Å². The van der Waals surface area contributed by atoms with Gasteiger partial charge in [0.1, 0.15) is 0 Å². The maximum absolute atomic E-state index is 4.46. The van der Waals surface area contributed by atoms with Gasteiger partial charge in [-0.15, -0.1) is 0 Å². The molecule has 1 fully saturated rings. The quantitative estimate of drug-likeness (QED) is 0.883. The molecule has 1 N–H and O–H groups in total. The number of nitrogens with one attached hydrogen (secondary N) is 1. The topological polar surface area (TPSA) is 28.2 Å². The van der Waals surface area contributed by atoms with Gasteiger partial charge < -0.3 is 5.32 Å². The highest BCUT2D eigenvalue weighted by molar-refractivity contribution is 5.22. The summed E-state index contributed by atoms with van der Waals surface area (Å²) < 4.78 is 0. The molecule has 3 heteroatoms. The number of aryl methyl sites for hydroxylation is 1. The van der Waals surface area contributed by atoms with Gasteiger partial charge in [-0.05, 0) is 64.9 Å². The smallest absolute Gasteiger partial charge is 0.0517 e. The van der Waals surface area contributed by atoms with Crippen LogP contribution >= 0.6 is 0 Å². The summed E-state index contributed by atoms with van der Waals surface area (Å²) >= 11 is 0. The lowest BCUT2D eigenvalue weighted by Gasteiger charge is -2.44. The Balaban J connectivity index is 2.29. The van der Waals surface area contributed by atoms with Crippen LogP contribution in [0.25, 0.3) is 0 Å². The van der Waals surface area contributed by atoms with E-state index in [1.54, 1.807) is 0 Å². The molecule has 1 aromatic heterocycles. The molecule has 3 nitrogen and oxygen atoms in total. The van der Waals surface area contributed by atoms with Gasteiger partial charge in [0.05, 0.1) is 6.04 Å². The SMILES string of the molecule is CCC(C)(C(NC)c1ccc(C)nc1)N1CCCC1. The number of hydrogen-bond acceptors (Lipinski definition) is 3. The average molecular weight is 261 g/mol. The Morgan fingerprint density at radius 3 is 2.53 bits per heavy atom. The van der Waals surface area contributed by atoms with Crippen LogP contribution in [0.4, 0.5) is 0 Å². The fourth-order valence-corrected chi connectivity index (χ4v) is 3.32. The van der Waals surface area contributed by atoms with Gasteiger partial charge in [-0.3, -0.25) is 9.88 Å². The van der Waals surface area contributed by atoms with Crippen LogP contribution in [0.5, 0.6) is 0 Å². The first-order chi connectivity index (χ1) is 9.11. The van der Waals surface area contributed by atoms with Crippen LogP contribution in [0.2, 0.25) is 0 Å². The van der Waals surface area contributed by atoms with E-state index < -0.39 is 0 Å². The predicted molar refractivity (Wildman–Crippen MR) is 80.3 cm³/mol. The van der Waals surface area contributed by atoms with Gasteiger partial charge in [0.15, 0.2) is 0 Å². The van der Waals surface area contributed by atoms with Crippen LogP contribution in [0, 0.1) is 6.92 Å². The molecule has 2 rings (SSSR count). The number of nitrogens with zero attached hydrogens (tertiary/aromatic N) is 2. The number of hydrogen-bond donors (Lipinski definition) is 1. The number of aromatic nitrogens is 1. The van der Waals surface area contributed by atoms with Gasteiger partial charge >= 0.3 is 0 Å². The summed E-state index contributed by atoms with van der Waals surface area (Å²) in [5.41, 5.74) is 2.55. The molecule has 2 unspecified atom stereocenters. The first kappa shape index (κ1) is 14.5. The van der Waals surface area contributed by atoms with Gasteiger partial charge in [-0.25, -0.2) is 0 Å². The standard InChI is InChI=1S/C16H27N3/c1-5-16(3,19-10-6-7-11-19)15(17-4)14-9-8-13(2)18-12-14/h8-9,12,15,17H,5-7,10-11H2,1-4H3. The van der Waals surface area contributed by atoms with E-state index in [-0.39, 0.29) is 5.54 Å². The minimum absolute atomic E-state index is 0.169. The van der Waals surface area contributed by atoms with Crippen molar-refractivity contribution in [2.75, 3.05) is 20.1 Å². The predicted octanol–water partition coefficient (Wildman–Crippen LogP) is 2.92. The van der Waals surface area contributed by atoms with Crippen molar-refractivity contribution in [3.8, 4) is 0 Å². The first-order valence-electron chi connectivity index (χ1n) is 7.46. The molecule has 2 heterocycles. The Hall–Kier alpha value is -0.930. The van der Waals surface area contributed by atoms with E-state index >= 15 is 0 Å². The van der Waals surface area contributed by atoms with E-state index in [1.165, 1.54) is 31.5 Å². The highest BCUT2D eigenvalue weighted by Gasteiger charge is 2.39. The van der Waals surface area contributed by atoms with Crippen LogP contribution < -0.4 is 5.32 Å². The molecule has 1 aliphatic heterocycles. The average Bonchev–Trinajstić information content (AvgIpc) is 2.96. The lowest BCUT2D eigenvalue weighted by atomic mass is 9.83. The first-order valence-corrected chi connectivity index (χ1v) is 7.46. The molecule has 1 saturated heterocycles. The van der Waals surface area contributed by atoms with Gasteiger partial charge in [-0.1, -0.05) is 13.0 Å². The summed E-state index contributed by atoms with van der Waals surface area (Å²) in [6.07, 6.45) is 5.84. The van der Waals surface area contributed by atoms with Crippen molar-refractivity contribution in [3.05, 3.63) is 29.6 Å². The molecule has 0 saturated carbocycles. The molecule has 106 valence electrons. The number of pyridine rings is 1. The van der Waals surface area contributed by atoms with E-state index in [1.807, 2.05) is 13.1 Å². The zero-order chi connectivity index (χ0) is 13.9. The molecule has 1 aliphatic rings. The molecule has 2 atom stereocenters. The minimum atomic E-state index is 0.169. The lowest BCUT2D eigenvalue weighted by molar-refractivity contribution is 0.0871. The second kappa shape index (κ2) is 6.02. The summed E-state index contributed by atoms with van der Waals surface area (Å²) in [7, 11) is 2.06. The van der Waals surface area contributed by atoms with Crippen LogP contribution in [0.1, 0.15) is 50.4 Å². The zero-order valence-corrected chi connectivity index (χ0v) is 12.7. The van der Waals surface area contributed by atoms with Crippen molar-refractivity contribution < 1.29 is 0 Å². The monoisotopic (exact) mass is 261 g/mol. The molecule has 0 aromatic carbocycles. The lowest BCUT2D eigenvalue weighted by Crippen LogP contribution is -2.52. The molecule has 19 heavy (non-hydrogen) atoms. The van der Waals surface area contributed by atoms with Crippen LogP contribution in [-0.4, -0.2) is 35.6 Å². The van der Waals surface area contributed by atoms with Crippen molar-refractivity contribution in [2.24, 2.45) is 0 Å². The van der Waals surface area contributed by atoms with Gasteiger partial charge in [0.25, 0.3) is 0 Å². The highest BCUT2D eigenvalue weighted by Crippen LogP contribution is 2.36. The van der Waals surface area contributed by atoms with E-state index in [9.17, 15) is 0 Å². The fourth-order valence-electron chi connectivity index (χ4n) is 3.32. The van der Waals surface area contributed by atoms with Crippen molar-refractivity contribution >= 4 is 0 Å². The Kier molecular flexibility index (Phi) is 4.58. The summed E-state index contributed by atoms with van der Waals surface area (Å²) in [5, 5.41) is 3.52. The number of likely N-dealkylation sites (N-methyl/N-ethyl adjacent to an activating group) is 1. The van der Waals surface area contributed by atoms with Gasteiger partial charge in [0.2, 0.25) is 0 Å². The van der Waals surface area contributed by atoms with Gasteiger partial charge in [0, 0.05) is 17.4 Å².